The van der Waals surface area contributed by atoms with Crippen molar-refractivity contribution >= 4 is 23.3 Å². The van der Waals surface area contributed by atoms with E-state index in [1.165, 1.54) is 19.3 Å². The van der Waals surface area contributed by atoms with Gasteiger partial charge in [-0.25, -0.2) is 9.97 Å². The van der Waals surface area contributed by atoms with Crippen molar-refractivity contribution in [2.24, 2.45) is 0 Å². The van der Waals surface area contributed by atoms with Crippen LogP contribution in [0, 0.1) is 0 Å². The van der Waals surface area contributed by atoms with Crippen LogP contribution in [0.2, 0.25) is 0 Å². The Morgan fingerprint density at radius 3 is 2.30 bits per heavy atom. The fraction of sp³-hybridized carbons (Fsp3) is 0.250. The summed E-state index contributed by atoms with van der Waals surface area (Å²) in [6.45, 7) is 2.62. The monoisotopic (exact) mass is 314 g/mol. The van der Waals surface area contributed by atoms with E-state index in [9.17, 15) is 9.59 Å². The summed E-state index contributed by atoms with van der Waals surface area (Å²) in [6, 6.07) is 6.68. The van der Waals surface area contributed by atoms with E-state index in [4.69, 9.17) is 4.74 Å². The van der Waals surface area contributed by atoms with Crippen molar-refractivity contribution < 1.29 is 14.3 Å². The Morgan fingerprint density at radius 1 is 1.09 bits per heavy atom. The van der Waals surface area contributed by atoms with Crippen LogP contribution in [0.15, 0.2) is 36.7 Å². The Labute approximate surface area is 134 Å². The smallest absolute Gasteiger partial charge is 0.258 e. The van der Waals surface area contributed by atoms with Gasteiger partial charge in [-0.15, -0.1) is 0 Å². The Kier molecular flexibility index (Phi) is 5.76. The number of hydrogen-bond donors (Lipinski definition) is 2. The van der Waals surface area contributed by atoms with Crippen LogP contribution in [0.5, 0.6) is 0 Å². The second-order valence-corrected chi connectivity index (χ2v) is 4.80. The lowest BCUT2D eigenvalue weighted by atomic mass is 10.1. The van der Waals surface area contributed by atoms with E-state index in [1.54, 1.807) is 31.4 Å². The molecule has 1 heterocycles. The summed E-state index contributed by atoms with van der Waals surface area (Å²) in [4.78, 5) is 31.4. The maximum atomic E-state index is 12.1. The largest absolute Gasteiger partial charge is 0.383 e. The van der Waals surface area contributed by atoms with E-state index >= 15 is 0 Å². The number of rotatable bonds is 7. The number of carbonyl (C=O) groups excluding carboxylic acids is 2. The zero-order chi connectivity index (χ0) is 16.7. The first-order valence-electron chi connectivity index (χ1n) is 7.07. The quantitative estimate of drug-likeness (QED) is 0.599. The second kappa shape index (κ2) is 8.00. The highest BCUT2D eigenvalue weighted by molar-refractivity contribution is 6.04. The van der Waals surface area contributed by atoms with Crippen molar-refractivity contribution in [3.05, 3.63) is 47.8 Å². The molecule has 1 amide bonds. The molecule has 1 aromatic carbocycles. The lowest BCUT2D eigenvalue weighted by Gasteiger charge is -2.07. The Bertz CT molecular complexity index is 669. The molecular formula is C16H18N4O3. The summed E-state index contributed by atoms with van der Waals surface area (Å²) in [5.74, 6) is 0.0984. The van der Waals surface area contributed by atoms with Gasteiger partial charge in [0.25, 0.3) is 5.91 Å². The van der Waals surface area contributed by atoms with Crippen LogP contribution in [0.3, 0.4) is 0 Å². The predicted molar refractivity (Wildman–Crippen MR) is 86.8 cm³/mol. The number of nitrogens with one attached hydrogen (secondary N) is 2. The molecule has 0 aliphatic carbocycles. The molecule has 0 aliphatic heterocycles. The van der Waals surface area contributed by atoms with E-state index in [0.717, 1.165) is 0 Å². The number of anilines is 2. The van der Waals surface area contributed by atoms with Gasteiger partial charge in [-0.05, 0) is 31.2 Å². The molecule has 7 nitrogen and oxygen atoms in total. The average molecular weight is 314 g/mol. The Hall–Kier alpha value is -2.80. The number of hydrogen-bond acceptors (Lipinski definition) is 6. The molecule has 2 rings (SSSR count). The van der Waals surface area contributed by atoms with Crippen LogP contribution >= 0.6 is 0 Å². The molecule has 0 aliphatic rings. The fourth-order valence-corrected chi connectivity index (χ4v) is 1.79. The van der Waals surface area contributed by atoms with E-state index in [2.05, 4.69) is 20.6 Å². The number of nitrogens with zero attached hydrogens (tertiary/aromatic N) is 2. The third kappa shape index (κ3) is 4.86. The molecule has 7 heteroatoms. The first-order chi connectivity index (χ1) is 11.1. The van der Waals surface area contributed by atoms with Crippen molar-refractivity contribution in [1.82, 2.24) is 9.97 Å². The summed E-state index contributed by atoms with van der Waals surface area (Å²) < 4.78 is 4.91. The number of carbonyl (C=O) groups is 2. The van der Waals surface area contributed by atoms with Crippen LogP contribution in [-0.4, -0.2) is 41.9 Å². The summed E-state index contributed by atoms with van der Waals surface area (Å²) in [5, 5.41) is 5.69. The first kappa shape index (κ1) is 16.6. The van der Waals surface area contributed by atoms with Crippen molar-refractivity contribution in [2.75, 3.05) is 30.9 Å². The van der Waals surface area contributed by atoms with Gasteiger partial charge in [0.05, 0.1) is 12.2 Å². The minimum atomic E-state index is -0.316. The van der Waals surface area contributed by atoms with Crippen LogP contribution in [-0.2, 0) is 4.74 Å². The SMILES string of the molecule is COCCNc1ncc(C(=O)Nc2ccc(C(C)=O)cc2)cn1. The van der Waals surface area contributed by atoms with Crippen LogP contribution < -0.4 is 10.6 Å². The number of amides is 1. The Morgan fingerprint density at radius 2 is 1.74 bits per heavy atom. The molecule has 1 aromatic heterocycles. The maximum Gasteiger partial charge on any atom is 0.258 e. The fourth-order valence-electron chi connectivity index (χ4n) is 1.79. The van der Waals surface area contributed by atoms with Crippen LogP contribution in [0.4, 0.5) is 11.6 Å². The van der Waals surface area contributed by atoms with Gasteiger partial charge >= 0.3 is 0 Å². The lowest BCUT2D eigenvalue weighted by molar-refractivity contribution is 0.101. The predicted octanol–water partition coefficient (Wildman–Crippen LogP) is 1.99. The Balaban J connectivity index is 1.96. The molecule has 2 aromatic rings. The molecular weight excluding hydrogens is 296 g/mol. The molecule has 0 radical (unpaired) electrons. The molecule has 0 unspecified atom stereocenters. The number of ketones is 1. The van der Waals surface area contributed by atoms with E-state index in [-0.39, 0.29) is 11.7 Å². The van der Waals surface area contributed by atoms with E-state index in [1.807, 2.05) is 0 Å². The third-order valence-electron chi connectivity index (χ3n) is 3.05. The maximum absolute atomic E-state index is 12.1. The second-order valence-electron chi connectivity index (χ2n) is 4.80. The van der Waals surface area contributed by atoms with Gasteiger partial charge in [0.1, 0.15) is 0 Å². The topological polar surface area (TPSA) is 93.2 Å². The lowest BCUT2D eigenvalue weighted by Crippen LogP contribution is -2.14. The van der Waals surface area contributed by atoms with Gasteiger partial charge in [0.15, 0.2) is 5.78 Å². The molecule has 0 fully saturated rings. The van der Waals surface area contributed by atoms with Crippen LogP contribution in [0.1, 0.15) is 27.6 Å². The number of ether oxygens (including phenoxy) is 1. The standard InChI is InChI=1S/C16H18N4O3/c1-11(21)12-3-5-14(6-4-12)20-15(22)13-9-18-16(19-10-13)17-7-8-23-2/h3-6,9-10H,7-8H2,1-2H3,(H,20,22)(H,17,18,19). The van der Waals surface area contributed by atoms with E-state index < -0.39 is 0 Å². The van der Waals surface area contributed by atoms with Gasteiger partial charge in [-0.2, -0.15) is 0 Å². The highest BCUT2D eigenvalue weighted by atomic mass is 16.5. The number of benzene rings is 1. The minimum absolute atomic E-state index is 0.0205. The zero-order valence-corrected chi connectivity index (χ0v) is 13.0. The van der Waals surface area contributed by atoms with Crippen LogP contribution in [0.25, 0.3) is 0 Å². The molecule has 0 atom stereocenters. The molecule has 0 saturated carbocycles. The molecule has 0 spiro atoms. The normalized spacial score (nSPS) is 10.2. The number of methoxy groups -OCH3 is 1. The third-order valence-corrected chi connectivity index (χ3v) is 3.05. The van der Waals surface area contributed by atoms with Gasteiger partial charge in [0, 0.05) is 37.3 Å². The molecule has 0 saturated heterocycles. The number of Topliss-reactive ketones (excluding diaryl/α,β-unsaturated/α-hetero) is 1. The summed E-state index contributed by atoms with van der Waals surface area (Å²) >= 11 is 0. The van der Waals surface area contributed by atoms with Crippen molar-refractivity contribution in [3.63, 3.8) is 0 Å². The zero-order valence-electron chi connectivity index (χ0n) is 13.0. The van der Waals surface area contributed by atoms with Crippen molar-refractivity contribution in [3.8, 4) is 0 Å². The molecule has 0 bridgehead atoms. The highest BCUT2D eigenvalue weighted by Gasteiger charge is 2.08. The molecule has 2 N–H and O–H groups in total. The van der Waals surface area contributed by atoms with Gasteiger partial charge < -0.3 is 15.4 Å². The van der Waals surface area contributed by atoms with Gasteiger partial charge in [-0.1, -0.05) is 0 Å². The molecule has 23 heavy (non-hydrogen) atoms. The van der Waals surface area contributed by atoms with E-state index in [0.29, 0.717) is 35.9 Å². The van der Waals surface area contributed by atoms with Gasteiger partial charge in [0.2, 0.25) is 5.95 Å². The first-order valence-corrected chi connectivity index (χ1v) is 7.07. The van der Waals surface area contributed by atoms with Crippen molar-refractivity contribution in [1.29, 1.82) is 0 Å². The average Bonchev–Trinajstić information content (AvgIpc) is 2.56. The van der Waals surface area contributed by atoms with Crippen molar-refractivity contribution in [2.45, 2.75) is 6.92 Å². The highest BCUT2D eigenvalue weighted by Crippen LogP contribution is 2.11. The summed E-state index contributed by atoms with van der Waals surface area (Å²) in [7, 11) is 1.61. The number of aromatic nitrogens is 2. The minimum Gasteiger partial charge on any atom is -0.383 e. The van der Waals surface area contributed by atoms with Gasteiger partial charge in [-0.3, -0.25) is 9.59 Å². The molecule has 120 valence electrons. The summed E-state index contributed by atoms with van der Waals surface area (Å²) in [6.07, 6.45) is 2.89. The summed E-state index contributed by atoms with van der Waals surface area (Å²) in [5.41, 5.74) is 1.54.